The van der Waals surface area contributed by atoms with Crippen molar-refractivity contribution in [1.82, 2.24) is 10.2 Å². The molecule has 1 N–H and O–H groups in total. The van der Waals surface area contributed by atoms with Crippen LogP contribution in [-0.4, -0.2) is 68.2 Å². The smallest absolute Gasteiger partial charge is 0.223 e. The van der Waals surface area contributed by atoms with Crippen LogP contribution >= 0.6 is 0 Å². The average Bonchev–Trinajstić information content (AvgIpc) is 2.73. The van der Waals surface area contributed by atoms with Gasteiger partial charge in [-0.2, -0.15) is 0 Å². The van der Waals surface area contributed by atoms with Gasteiger partial charge < -0.3 is 19.7 Å². The van der Waals surface area contributed by atoms with Crippen molar-refractivity contribution < 1.29 is 20.5 Å². The second kappa shape index (κ2) is 13.3. The SMILES string of the molecule is CCCC(=O)C1CCC(N2CCC(C(=O)NCCOCCOC(C)C)CC2)CC1.[HH]. The predicted octanol–water partition coefficient (Wildman–Crippen LogP) is 3.43. The van der Waals surface area contributed by atoms with E-state index in [1.807, 2.05) is 13.8 Å². The first-order valence-electron chi connectivity index (χ1n) is 11.7. The molecule has 1 saturated heterocycles. The zero-order valence-electron chi connectivity index (χ0n) is 18.8. The van der Waals surface area contributed by atoms with Crippen LogP contribution in [0.3, 0.4) is 0 Å². The Bertz CT molecular complexity index is 488. The second-order valence-electron chi connectivity index (χ2n) is 8.85. The summed E-state index contributed by atoms with van der Waals surface area (Å²) in [5.41, 5.74) is 0. The molecule has 1 heterocycles. The number of hydrogen-bond acceptors (Lipinski definition) is 5. The molecular weight excluding hydrogens is 368 g/mol. The first-order valence-corrected chi connectivity index (χ1v) is 11.7. The first-order chi connectivity index (χ1) is 14.0. The van der Waals surface area contributed by atoms with Gasteiger partial charge in [0.15, 0.2) is 0 Å². The highest BCUT2D eigenvalue weighted by atomic mass is 16.5. The fraction of sp³-hybridized carbons (Fsp3) is 0.913. The predicted molar refractivity (Wildman–Crippen MR) is 117 cm³/mol. The van der Waals surface area contributed by atoms with Gasteiger partial charge in [-0.25, -0.2) is 0 Å². The summed E-state index contributed by atoms with van der Waals surface area (Å²) < 4.78 is 10.9. The number of hydrogen-bond donors (Lipinski definition) is 1. The molecule has 1 saturated carbocycles. The van der Waals surface area contributed by atoms with Crippen molar-refractivity contribution in [1.29, 1.82) is 0 Å². The molecule has 0 atom stereocenters. The normalized spacial score (nSPS) is 24.0. The van der Waals surface area contributed by atoms with E-state index in [1.165, 1.54) is 0 Å². The summed E-state index contributed by atoms with van der Waals surface area (Å²) in [5, 5.41) is 3.02. The minimum Gasteiger partial charge on any atom is -0.377 e. The van der Waals surface area contributed by atoms with Gasteiger partial charge in [0, 0.05) is 32.3 Å². The second-order valence-corrected chi connectivity index (χ2v) is 8.85. The van der Waals surface area contributed by atoms with Crippen LogP contribution in [0.2, 0.25) is 0 Å². The number of ketones is 1. The Morgan fingerprint density at radius 2 is 1.69 bits per heavy atom. The van der Waals surface area contributed by atoms with Gasteiger partial charge >= 0.3 is 0 Å². The minimum absolute atomic E-state index is 0. The van der Waals surface area contributed by atoms with Crippen LogP contribution in [0.5, 0.6) is 0 Å². The van der Waals surface area contributed by atoms with Crippen molar-refractivity contribution in [3.05, 3.63) is 0 Å². The molecule has 0 spiro atoms. The van der Waals surface area contributed by atoms with Gasteiger partial charge in [-0.1, -0.05) is 6.92 Å². The third kappa shape index (κ3) is 8.73. The number of Topliss-reactive ketones (excluding diaryl/α,β-unsaturated/α-hetero) is 1. The Hall–Kier alpha value is -0.980. The van der Waals surface area contributed by atoms with Crippen LogP contribution in [0.15, 0.2) is 0 Å². The monoisotopic (exact) mass is 412 g/mol. The number of nitrogens with zero attached hydrogens (tertiary/aromatic N) is 1. The summed E-state index contributed by atoms with van der Waals surface area (Å²) >= 11 is 0. The maximum atomic E-state index is 12.4. The standard InChI is InChI=1S/C23H42N2O4.H2/c1-4-5-22(26)19-6-8-21(9-7-19)25-13-10-20(11-14-25)23(27)24-12-15-28-16-17-29-18(2)3;/h18-21H,4-17H2,1-3H3,(H,24,27);1H. The van der Waals surface area contributed by atoms with Gasteiger partial charge in [0.25, 0.3) is 0 Å². The molecule has 0 aromatic rings. The fourth-order valence-electron chi connectivity index (χ4n) is 4.58. The summed E-state index contributed by atoms with van der Waals surface area (Å²) in [6.45, 7) is 10.4. The van der Waals surface area contributed by atoms with E-state index in [0.29, 0.717) is 44.1 Å². The number of amides is 1. The highest BCUT2D eigenvalue weighted by molar-refractivity contribution is 5.81. The molecule has 6 nitrogen and oxygen atoms in total. The Balaban J connectivity index is 0.00000450. The van der Waals surface area contributed by atoms with E-state index >= 15 is 0 Å². The molecule has 0 radical (unpaired) electrons. The molecule has 0 aromatic carbocycles. The van der Waals surface area contributed by atoms with Crippen molar-refractivity contribution >= 4 is 11.7 Å². The molecule has 1 aliphatic heterocycles. The van der Waals surface area contributed by atoms with Crippen molar-refractivity contribution in [2.45, 2.75) is 84.3 Å². The lowest BCUT2D eigenvalue weighted by Gasteiger charge is -2.40. The molecule has 0 unspecified atom stereocenters. The molecule has 0 aromatic heterocycles. The number of ether oxygens (including phenoxy) is 2. The van der Waals surface area contributed by atoms with Gasteiger partial charge in [-0.15, -0.1) is 0 Å². The van der Waals surface area contributed by atoms with E-state index in [9.17, 15) is 9.59 Å². The molecule has 1 amide bonds. The van der Waals surface area contributed by atoms with Gasteiger partial charge in [0.1, 0.15) is 5.78 Å². The number of carbonyl (C=O) groups excluding carboxylic acids is 2. The molecule has 2 fully saturated rings. The van der Waals surface area contributed by atoms with Crippen molar-refractivity contribution in [3.63, 3.8) is 0 Å². The topological polar surface area (TPSA) is 67.9 Å². The fourth-order valence-corrected chi connectivity index (χ4v) is 4.58. The largest absolute Gasteiger partial charge is 0.377 e. The lowest BCUT2D eigenvalue weighted by atomic mass is 9.81. The minimum atomic E-state index is 0. The maximum Gasteiger partial charge on any atom is 0.223 e. The van der Waals surface area contributed by atoms with E-state index in [-0.39, 0.29) is 19.4 Å². The van der Waals surface area contributed by atoms with E-state index in [2.05, 4.69) is 17.1 Å². The summed E-state index contributed by atoms with van der Waals surface area (Å²) in [6, 6.07) is 0.603. The number of nitrogens with one attached hydrogen (secondary N) is 1. The van der Waals surface area contributed by atoms with Gasteiger partial charge in [0.2, 0.25) is 5.91 Å². The summed E-state index contributed by atoms with van der Waals surface area (Å²) in [6.07, 6.45) is 8.16. The van der Waals surface area contributed by atoms with Crippen molar-refractivity contribution in [3.8, 4) is 0 Å². The van der Waals surface area contributed by atoms with Crippen LogP contribution in [0, 0.1) is 11.8 Å². The van der Waals surface area contributed by atoms with Crippen molar-refractivity contribution in [2.24, 2.45) is 11.8 Å². The number of likely N-dealkylation sites (tertiary alicyclic amines) is 1. The third-order valence-corrected chi connectivity index (χ3v) is 6.29. The molecule has 2 rings (SSSR count). The van der Waals surface area contributed by atoms with Gasteiger partial charge in [-0.05, 0) is 71.9 Å². The Morgan fingerprint density at radius 1 is 1.00 bits per heavy atom. The highest BCUT2D eigenvalue weighted by Gasteiger charge is 2.32. The van der Waals surface area contributed by atoms with E-state index in [4.69, 9.17) is 9.47 Å². The van der Waals surface area contributed by atoms with Crippen LogP contribution in [-0.2, 0) is 19.1 Å². The van der Waals surface area contributed by atoms with E-state index in [1.54, 1.807) is 0 Å². The van der Waals surface area contributed by atoms with Gasteiger partial charge in [-0.3, -0.25) is 9.59 Å². The van der Waals surface area contributed by atoms with Crippen LogP contribution in [0.1, 0.15) is 73.6 Å². The molecule has 0 bridgehead atoms. The molecule has 170 valence electrons. The number of carbonyl (C=O) groups is 2. The summed E-state index contributed by atoms with van der Waals surface area (Å²) in [5.74, 6) is 1.06. The number of rotatable bonds is 12. The Kier molecular flexibility index (Phi) is 11.2. The highest BCUT2D eigenvalue weighted by Crippen LogP contribution is 2.31. The quantitative estimate of drug-likeness (QED) is 0.498. The summed E-state index contributed by atoms with van der Waals surface area (Å²) in [7, 11) is 0. The number of piperidine rings is 1. The zero-order valence-corrected chi connectivity index (χ0v) is 18.8. The maximum absolute atomic E-state index is 12.4. The van der Waals surface area contributed by atoms with Crippen molar-refractivity contribution in [2.75, 3.05) is 39.5 Å². The third-order valence-electron chi connectivity index (χ3n) is 6.29. The van der Waals surface area contributed by atoms with E-state index < -0.39 is 0 Å². The summed E-state index contributed by atoms with van der Waals surface area (Å²) in [4.78, 5) is 27.1. The average molecular weight is 413 g/mol. The molecular formula is C23H44N2O4. The zero-order chi connectivity index (χ0) is 21.1. The Labute approximate surface area is 178 Å². The van der Waals surface area contributed by atoms with Crippen LogP contribution < -0.4 is 5.32 Å². The van der Waals surface area contributed by atoms with Crippen LogP contribution in [0.4, 0.5) is 0 Å². The van der Waals surface area contributed by atoms with Crippen LogP contribution in [0.25, 0.3) is 0 Å². The van der Waals surface area contributed by atoms with E-state index in [0.717, 1.165) is 64.5 Å². The first kappa shape index (κ1) is 24.3. The van der Waals surface area contributed by atoms with Gasteiger partial charge in [0.05, 0.1) is 25.9 Å². The lowest BCUT2D eigenvalue weighted by molar-refractivity contribution is -0.127. The molecule has 6 heteroatoms. The molecule has 1 aliphatic carbocycles. The molecule has 2 aliphatic rings. The Morgan fingerprint density at radius 3 is 2.31 bits per heavy atom. The lowest BCUT2D eigenvalue weighted by Crippen LogP contribution is -2.46. The molecule has 29 heavy (non-hydrogen) atoms.